The zero-order valence-electron chi connectivity index (χ0n) is 16.7. The molecule has 0 unspecified atom stereocenters. The molecule has 2 aromatic rings. The number of nitrogens with one attached hydrogen (secondary N) is 2. The third kappa shape index (κ3) is 5.64. The van der Waals surface area contributed by atoms with Crippen molar-refractivity contribution in [2.75, 3.05) is 42.8 Å². The SMILES string of the molecule is CCN(CC)c1ccc(NC(=O)CC(=O)Nc2cc(OC)ccc2OC)cc1. The summed E-state index contributed by atoms with van der Waals surface area (Å²) in [7, 11) is 3.04. The molecule has 0 heterocycles. The summed E-state index contributed by atoms with van der Waals surface area (Å²) in [6, 6.07) is 12.6. The smallest absolute Gasteiger partial charge is 0.233 e. The molecule has 2 aromatic carbocycles. The van der Waals surface area contributed by atoms with Gasteiger partial charge in [0.25, 0.3) is 0 Å². The van der Waals surface area contributed by atoms with Crippen LogP contribution < -0.4 is 25.0 Å². The number of nitrogens with zero attached hydrogens (tertiary/aromatic N) is 1. The molecule has 0 aromatic heterocycles. The van der Waals surface area contributed by atoms with Gasteiger partial charge in [0, 0.05) is 30.5 Å². The minimum atomic E-state index is -0.441. The maximum Gasteiger partial charge on any atom is 0.233 e. The first kappa shape index (κ1) is 21.1. The number of benzene rings is 2. The molecule has 0 fully saturated rings. The maximum atomic E-state index is 12.2. The van der Waals surface area contributed by atoms with Crippen LogP contribution in [0.5, 0.6) is 11.5 Å². The monoisotopic (exact) mass is 385 g/mol. The predicted molar refractivity (Wildman–Crippen MR) is 111 cm³/mol. The summed E-state index contributed by atoms with van der Waals surface area (Å²) in [5.74, 6) is 0.231. The van der Waals surface area contributed by atoms with E-state index in [1.165, 1.54) is 14.2 Å². The third-order valence-corrected chi connectivity index (χ3v) is 4.28. The van der Waals surface area contributed by atoms with Gasteiger partial charge in [0.05, 0.1) is 19.9 Å². The van der Waals surface area contributed by atoms with Gasteiger partial charge in [-0.25, -0.2) is 0 Å². The van der Waals surface area contributed by atoms with Gasteiger partial charge in [-0.3, -0.25) is 9.59 Å². The number of anilines is 3. The second-order valence-corrected chi connectivity index (χ2v) is 6.06. The molecule has 0 spiro atoms. The highest BCUT2D eigenvalue weighted by atomic mass is 16.5. The Balaban J connectivity index is 1.95. The highest BCUT2D eigenvalue weighted by Gasteiger charge is 2.13. The average Bonchev–Trinajstić information content (AvgIpc) is 2.69. The van der Waals surface area contributed by atoms with Gasteiger partial charge < -0.3 is 25.0 Å². The van der Waals surface area contributed by atoms with Gasteiger partial charge in [0.1, 0.15) is 17.9 Å². The van der Waals surface area contributed by atoms with Gasteiger partial charge in [0.2, 0.25) is 11.8 Å². The van der Waals surface area contributed by atoms with Crippen molar-refractivity contribution < 1.29 is 19.1 Å². The maximum absolute atomic E-state index is 12.2. The van der Waals surface area contributed by atoms with Crippen molar-refractivity contribution >= 4 is 28.9 Å². The number of ether oxygens (including phenoxy) is 2. The highest BCUT2D eigenvalue weighted by Crippen LogP contribution is 2.29. The number of hydrogen-bond donors (Lipinski definition) is 2. The van der Waals surface area contributed by atoms with E-state index in [0.29, 0.717) is 22.9 Å². The van der Waals surface area contributed by atoms with Crippen molar-refractivity contribution in [1.29, 1.82) is 0 Å². The Morgan fingerprint density at radius 3 is 2.11 bits per heavy atom. The van der Waals surface area contributed by atoms with E-state index in [-0.39, 0.29) is 6.42 Å². The van der Waals surface area contributed by atoms with Gasteiger partial charge in [-0.1, -0.05) is 0 Å². The molecular formula is C21H27N3O4. The Morgan fingerprint density at radius 2 is 1.54 bits per heavy atom. The van der Waals surface area contributed by atoms with Crippen LogP contribution in [0, 0.1) is 0 Å². The molecule has 2 N–H and O–H groups in total. The molecule has 0 bridgehead atoms. The zero-order chi connectivity index (χ0) is 20.5. The van der Waals surface area contributed by atoms with Gasteiger partial charge in [-0.15, -0.1) is 0 Å². The largest absolute Gasteiger partial charge is 0.497 e. The van der Waals surface area contributed by atoms with Crippen molar-refractivity contribution in [3.63, 3.8) is 0 Å². The minimum absolute atomic E-state index is 0.307. The van der Waals surface area contributed by atoms with E-state index in [1.807, 2.05) is 24.3 Å². The van der Waals surface area contributed by atoms with E-state index >= 15 is 0 Å². The fourth-order valence-electron chi connectivity index (χ4n) is 2.80. The summed E-state index contributed by atoms with van der Waals surface area (Å²) < 4.78 is 10.4. The summed E-state index contributed by atoms with van der Waals surface area (Å²) in [6.07, 6.45) is -0.307. The van der Waals surface area contributed by atoms with Gasteiger partial charge >= 0.3 is 0 Å². The highest BCUT2D eigenvalue weighted by molar-refractivity contribution is 6.08. The predicted octanol–water partition coefficient (Wildman–Crippen LogP) is 3.52. The Morgan fingerprint density at radius 1 is 0.893 bits per heavy atom. The summed E-state index contributed by atoms with van der Waals surface area (Å²) in [5, 5.41) is 5.42. The van der Waals surface area contributed by atoms with Gasteiger partial charge in [-0.2, -0.15) is 0 Å². The number of carbonyl (C=O) groups is 2. The number of hydrogen-bond acceptors (Lipinski definition) is 5. The lowest BCUT2D eigenvalue weighted by Crippen LogP contribution is -2.22. The topological polar surface area (TPSA) is 79.9 Å². The van der Waals surface area contributed by atoms with Crippen LogP contribution >= 0.6 is 0 Å². The lowest BCUT2D eigenvalue weighted by Gasteiger charge is -2.21. The molecule has 0 aliphatic carbocycles. The van der Waals surface area contributed by atoms with Crippen molar-refractivity contribution in [2.24, 2.45) is 0 Å². The lowest BCUT2D eigenvalue weighted by atomic mass is 10.2. The molecule has 150 valence electrons. The van der Waals surface area contributed by atoms with Crippen molar-refractivity contribution in [2.45, 2.75) is 20.3 Å². The molecule has 0 radical (unpaired) electrons. The standard InChI is InChI=1S/C21H27N3O4/c1-5-24(6-2)16-9-7-15(8-10-16)22-20(25)14-21(26)23-18-13-17(27-3)11-12-19(18)28-4/h7-13H,5-6,14H2,1-4H3,(H,22,25)(H,23,26). The first-order chi connectivity index (χ1) is 13.5. The van der Waals surface area contributed by atoms with Gasteiger partial charge in [0.15, 0.2) is 0 Å². The molecule has 7 heteroatoms. The second kappa shape index (κ2) is 10.2. The number of rotatable bonds is 9. The molecule has 2 rings (SSSR count). The normalized spacial score (nSPS) is 10.1. The van der Waals surface area contributed by atoms with Crippen LogP contribution in [-0.2, 0) is 9.59 Å². The minimum Gasteiger partial charge on any atom is -0.497 e. The van der Waals surface area contributed by atoms with Crippen molar-refractivity contribution in [3.05, 3.63) is 42.5 Å². The molecule has 2 amide bonds. The molecule has 0 aliphatic rings. The lowest BCUT2D eigenvalue weighted by molar-refractivity contribution is -0.123. The van der Waals surface area contributed by atoms with E-state index in [9.17, 15) is 9.59 Å². The van der Waals surface area contributed by atoms with Crippen LogP contribution in [0.25, 0.3) is 0 Å². The number of amides is 2. The second-order valence-electron chi connectivity index (χ2n) is 6.06. The fraction of sp³-hybridized carbons (Fsp3) is 0.333. The molecule has 0 atom stereocenters. The molecule has 0 saturated heterocycles. The summed E-state index contributed by atoms with van der Waals surface area (Å²) in [4.78, 5) is 26.6. The zero-order valence-corrected chi connectivity index (χ0v) is 16.7. The van der Waals surface area contributed by atoms with E-state index in [4.69, 9.17) is 9.47 Å². The average molecular weight is 385 g/mol. The van der Waals surface area contributed by atoms with Crippen molar-refractivity contribution in [1.82, 2.24) is 0 Å². The van der Waals surface area contributed by atoms with E-state index in [2.05, 4.69) is 29.4 Å². The van der Waals surface area contributed by atoms with Crippen LogP contribution in [0.3, 0.4) is 0 Å². The molecular weight excluding hydrogens is 358 g/mol. The van der Waals surface area contributed by atoms with E-state index in [0.717, 1.165) is 18.8 Å². The Bertz CT molecular complexity index is 802. The number of carbonyl (C=O) groups excluding carboxylic acids is 2. The van der Waals surface area contributed by atoms with Crippen molar-refractivity contribution in [3.8, 4) is 11.5 Å². The summed E-state index contributed by atoms with van der Waals surface area (Å²) >= 11 is 0. The van der Waals surface area contributed by atoms with Crippen LogP contribution in [0.15, 0.2) is 42.5 Å². The molecule has 28 heavy (non-hydrogen) atoms. The molecule has 7 nitrogen and oxygen atoms in total. The van der Waals surface area contributed by atoms with Crippen LogP contribution in [0.4, 0.5) is 17.1 Å². The van der Waals surface area contributed by atoms with Crippen LogP contribution in [-0.4, -0.2) is 39.1 Å². The summed E-state index contributed by atoms with van der Waals surface area (Å²) in [6.45, 7) is 6.01. The first-order valence-corrected chi connectivity index (χ1v) is 9.17. The Kier molecular flexibility index (Phi) is 7.68. The van der Waals surface area contributed by atoms with E-state index in [1.54, 1.807) is 18.2 Å². The Labute approximate surface area is 165 Å². The van der Waals surface area contributed by atoms with E-state index < -0.39 is 11.8 Å². The first-order valence-electron chi connectivity index (χ1n) is 9.17. The fourth-order valence-corrected chi connectivity index (χ4v) is 2.80. The quantitative estimate of drug-likeness (QED) is 0.646. The number of methoxy groups -OCH3 is 2. The van der Waals surface area contributed by atoms with Crippen LogP contribution in [0.2, 0.25) is 0 Å². The third-order valence-electron chi connectivity index (χ3n) is 4.28. The molecule has 0 aliphatic heterocycles. The molecule has 0 saturated carbocycles. The Hall–Kier alpha value is -3.22. The van der Waals surface area contributed by atoms with Gasteiger partial charge in [-0.05, 0) is 50.2 Å². The van der Waals surface area contributed by atoms with Crippen LogP contribution in [0.1, 0.15) is 20.3 Å². The summed E-state index contributed by atoms with van der Waals surface area (Å²) in [5.41, 5.74) is 2.18.